The number of nitrogens with zero attached hydrogens (tertiary/aromatic N) is 4. The minimum Gasteiger partial charge on any atom is -0.494 e. The van der Waals surface area contributed by atoms with Crippen LogP contribution in [0.15, 0.2) is 53.7 Å². The van der Waals surface area contributed by atoms with E-state index in [0.717, 1.165) is 0 Å². The van der Waals surface area contributed by atoms with Gasteiger partial charge in [-0.25, -0.2) is 14.1 Å². The van der Waals surface area contributed by atoms with Crippen LogP contribution >= 0.6 is 23.2 Å². The van der Waals surface area contributed by atoms with Gasteiger partial charge in [-0.1, -0.05) is 29.3 Å². The smallest absolute Gasteiger partial charge is 0.264 e. The maximum atomic E-state index is 13.9. The number of halogens is 3. The van der Waals surface area contributed by atoms with Crippen LogP contribution in [-0.2, 0) is 6.54 Å². The van der Waals surface area contributed by atoms with Gasteiger partial charge in [0.15, 0.2) is 17.2 Å². The molecule has 0 aliphatic heterocycles. The lowest BCUT2D eigenvalue weighted by atomic mass is 10.2. The highest BCUT2D eigenvalue weighted by Crippen LogP contribution is 2.25. The van der Waals surface area contributed by atoms with E-state index in [1.54, 1.807) is 24.3 Å². The number of aromatic nitrogens is 4. The minimum absolute atomic E-state index is 0.146. The molecule has 2 aromatic carbocycles. The van der Waals surface area contributed by atoms with Crippen LogP contribution in [0.5, 0.6) is 5.75 Å². The molecular weight excluding hydrogens is 406 g/mol. The monoisotopic (exact) mass is 418 g/mol. The SMILES string of the molecule is COc1ccc(Cn2cnc3c(cnn3-c3ccc(Cl)c(Cl)c3)c2=O)cc1F. The first kappa shape index (κ1) is 18.5. The zero-order valence-corrected chi connectivity index (χ0v) is 16.1. The molecule has 0 aliphatic rings. The maximum Gasteiger partial charge on any atom is 0.264 e. The summed E-state index contributed by atoms with van der Waals surface area (Å²) in [5, 5.41) is 5.37. The van der Waals surface area contributed by atoms with Crippen LogP contribution in [0.2, 0.25) is 10.0 Å². The van der Waals surface area contributed by atoms with E-state index in [1.165, 1.54) is 41.0 Å². The summed E-state index contributed by atoms with van der Waals surface area (Å²) in [6.45, 7) is 0.167. The van der Waals surface area contributed by atoms with Crippen molar-refractivity contribution in [3.05, 3.63) is 80.7 Å². The maximum absolute atomic E-state index is 13.9. The van der Waals surface area contributed by atoms with Gasteiger partial charge < -0.3 is 4.74 Å². The Labute approximate surface area is 168 Å². The van der Waals surface area contributed by atoms with Gasteiger partial charge in [0.1, 0.15) is 11.7 Å². The van der Waals surface area contributed by atoms with E-state index >= 15 is 0 Å². The van der Waals surface area contributed by atoms with E-state index in [0.29, 0.717) is 32.3 Å². The summed E-state index contributed by atoms with van der Waals surface area (Å²) in [6, 6.07) is 9.56. The highest BCUT2D eigenvalue weighted by molar-refractivity contribution is 6.42. The largest absolute Gasteiger partial charge is 0.494 e. The number of benzene rings is 2. The second-order valence-corrected chi connectivity index (χ2v) is 6.85. The second kappa shape index (κ2) is 7.26. The predicted octanol–water partition coefficient (Wildman–Crippen LogP) is 4.09. The van der Waals surface area contributed by atoms with Crippen molar-refractivity contribution >= 4 is 34.2 Å². The molecule has 9 heteroatoms. The van der Waals surface area contributed by atoms with E-state index in [2.05, 4.69) is 10.1 Å². The second-order valence-electron chi connectivity index (χ2n) is 6.04. The van der Waals surface area contributed by atoms with Crippen molar-refractivity contribution in [3.8, 4) is 11.4 Å². The molecule has 6 nitrogen and oxygen atoms in total. The Balaban J connectivity index is 1.73. The molecule has 0 N–H and O–H groups in total. The van der Waals surface area contributed by atoms with E-state index in [4.69, 9.17) is 27.9 Å². The lowest BCUT2D eigenvalue weighted by Crippen LogP contribution is -2.21. The fourth-order valence-electron chi connectivity index (χ4n) is 2.87. The minimum atomic E-state index is -0.491. The Morgan fingerprint density at radius 3 is 2.68 bits per heavy atom. The molecule has 0 aliphatic carbocycles. The zero-order valence-electron chi connectivity index (χ0n) is 14.6. The summed E-state index contributed by atoms with van der Waals surface area (Å²) in [4.78, 5) is 17.2. The van der Waals surface area contributed by atoms with Gasteiger partial charge in [0, 0.05) is 0 Å². The molecule has 0 unspecified atom stereocenters. The van der Waals surface area contributed by atoms with Gasteiger partial charge in [0.05, 0.1) is 35.6 Å². The first-order chi connectivity index (χ1) is 13.5. The normalized spacial score (nSPS) is 11.1. The molecule has 0 fully saturated rings. The fourth-order valence-corrected chi connectivity index (χ4v) is 3.16. The first-order valence-corrected chi connectivity index (χ1v) is 8.94. The van der Waals surface area contributed by atoms with Crippen LogP contribution in [-0.4, -0.2) is 26.4 Å². The van der Waals surface area contributed by atoms with E-state index in [-0.39, 0.29) is 17.9 Å². The number of hydrogen-bond acceptors (Lipinski definition) is 4. The van der Waals surface area contributed by atoms with Gasteiger partial charge in [0.2, 0.25) is 0 Å². The van der Waals surface area contributed by atoms with Crippen molar-refractivity contribution < 1.29 is 9.13 Å². The van der Waals surface area contributed by atoms with Crippen LogP contribution in [0.25, 0.3) is 16.7 Å². The summed E-state index contributed by atoms with van der Waals surface area (Å²) in [7, 11) is 1.39. The van der Waals surface area contributed by atoms with Crippen LogP contribution in [0.1, 0.15) is 5.56 Å². The quantitative estimate of drug-likeness (QED) is 0.500. The van der Waals surface area contributed by atoms with Gasteiger partial charge in [-0.2, -0.15) is 5.10 Å². The predicted molar refractivity (Wildman–Crippen MR) is 105 cm³/mol. The van der Waals surface area contributed by atoms with Crippen molar-refractivity contribution in [2.75, 3.05) is 7.11 Å². The van der Waals surface area contributed by atoms with E-state index in [1.807, 2.05) is 0 Å². The average Bonchev–Trinajstić information content (AvgIpc) is 3.11. The molecule has 0 atom stereocenters. The lowest BCUT2D eigenvalue weighted by molar-refractivity contribution is 0.386. The van der Waals surface area contributed by atoms with Crippen molar-refractivity contribution in [2.45, 2.75) is 6.54 Å². The van der Waals surface area contributed by atoms with E-state index < -0.39 is 5.82 Å². The zero-order chi connectivity index (χ0) is 19.8. The average molecular weight is 419 g/mol. The van der Waals surface area contributed by atoms with Gasteiger partial charge in [-0.05, 0) is 35.9 Å². The Bertz CT molecular complexity index is 1250. The third-order valence-electron chi connectivity index (χ3n) is 4.27. The molecule has 4 rings (SSSR count). The number of rotatable bonds is 4. The molecule has 0 spiro atoms. The molecule has 28 heavy (non-hydrogen) atoms. The van der Waals surface area contributed by atoms with Gasteiger partial charge in [0.25, 0.3) is 5.56 Å². The highest BCUT2D eigenvalue weighted by atomic mass is 35.5. The molecule has 0 saturated heterocycles. The Hall–Kier alpha value is -2.90. The summed E-state index contributed by atoms with van der Waals surface area (Å²) < 4.78 is 21.7. The molecule has 0 amide bonds. The van der Waals surface area contributed by atoms with Gasteiger partial charge in [-0.3, -0.25) is 9.36 Å². The molecule has 2 aromatic heterocycles. The number of methoxy groups -OCH3 is 1. The standard InChI is InChI=1S/C19H13Cl2FN4O2/c1-28-17-5-2-11(6-16(17)22)9-25-10-23-18-13(19(25)27)8-24-26(18)12-3-4-14(20)15(21)7-12/h2-8,10H,9H2,1H3. The topological polar surface area (TPSA) is 61.9 Å². The lowest BCUT2D eigenvalue weighted by Gasteiger charge is -2.08. The van der Waals surface area contributed by atoms with Crippen molar-refractivity contribution in [3.63, 3.8) is 0 Å². The molecule has 4 aromatic rings. The van der Waals surface area contributed by atoms with Crippen LogP contribution in [0.4, 0.5) is 4.39 Å². The summed E-state index contributed by atoms with van der Waals surface area (Å²) in [5.41, 5.74) is 1.35. The van der Waals surface area contributed by atoms with Gasteiger partial charge in [-0.15, -0.1) is 0 Å². The first-order valence-electron chi connectivity index (χ1n) is 8.19. The van der Waals surface area contributed by atoms with Gasteiger partial charge >= 0.3 is 0 Å². The van der Waals surface area contributed by atoms with Crippen molar-refractivity contribution in [2.24, 2.45) is 0 Å². The molecule has 0 saturated carbocycles. The molecule has 142 valence electrons. The Morgan fingerprint density at radius 2 is 1.96 bits per heavy atom. The van der Waals surface area contributed by atoms with Crippen LogP contribution in [0, 0.1) is 5.82 Å². The highest BCUT2D eigenvalue weighted by Gasteiger charge is 2.13. The van der Waals surface area contributed by atoms with Crippen molar-refractivity contribution in [1.82, 2.24) is 19.3 Å². The Kier molecular flexibility index (Phi) is 4.78. The molecule has 0 radical (unpaired) electrons. The third-order valence-corrected chi connectivity index (χ3v) is 5.01. The number of ether oxygens (including phenoxy) is 1. The van der Waals surface area contributed by atoms with Crippen LogP contribution in [0.3, 0.4) is 0 Å². The number of hydrogen-bond donors (Lipinski definition) is 0. The molecule has 2 heterocycles. The number of fused-ring (bicyclic) bond motifs is 1. The van der Waals surface area contributed by atoms with E-state index in [9.17, 15) is 9.18 Å². The summed E-state index contributed by atoms with van der Waals surface area (Å²) in [5.74, 6) is -0.345. The summed E-state index contributed by atoms with van der Waals surface area (Å²) >= 11 is 12.0. The Morgan fingerprint density at radius 1 is 1.14 bits per heavy atom. The van der Waals surface area contributed by atoms with Crippen LogP contribution < -0.4 is 10.3 Å². The molecule has 0 bridgehead atoms. The fraction of sp³-hybridized carbons (Fsp3) is 0.105. The van der Waals surface area contributed by atoms with Crippen molar-refractivity contribution in [1.29, 1.82) is 0 Å². The third kappa shape index (κ3) is 3.23. The molecular formula is C19H13Cl2FN4O2. The summed E-state index contributed by atoms with van der Waals surface area (Å²) in [6.07, 6.45) is 2.85.